The van der Waals surface area contributed by atoms with Crippen LogP contribution in [-0.4, -0.2) is 32.6 Å². The highest BCUT2D eigenvalue weighted by atomic mass is 16.6. The van der Waals surface area contributed by atoms with Crippen LogP contribution in [0.5, 0.6) is 11.5 Å². The summed E-state index contributed by atoms with van der Waals surface area (Å²) in [5, 5.41) is 0. The number of ether oxygens (including phenoxy) is 4. The van der Waals surface area contributed by atoms with Crippen molar-refractivity contribution < 1.29 is 33.3 Å². The van der Waals surface area contributed by atoms with E-state index in [1.165, 1.54) is 7.11 Å². The van der Waals surface area contributed by atoms with Gasteiger partial charge in [0, 0.05) is 14.0 Å². The maximum absolute atomic E-state index is 11.8. The second kappa shape index (κ2) is 14.8. The minimum Gasteiger partial charge on any atom is -0.465 e. The van der Waals surface area contributed by atoms with Gasteiger partial charge in [-0.2, -0.15) is 0 Å². The second-order valence-corrected chi connectivity index (χ2v) is 5.36. The predicted molar refractivity (Wildman–Crippen MR) is 109 cm³/mol. The zero-order valence-electron chi connectivity index (χ0n) is 17.7. The molecule has 0 spiro atoms. The lowest BCUT2D eigenvalue weighted by atomic mass is 10.1. The first-order valence-electron chi connectivity index (χ1n) is 8.96. The van der Waals surface area contributed by atoms with Crippen molar-refractivity contribution in [3.8, 4) is 11.5 Å². The third-order valence-corrected chi connectivity index (χ3v) is 3.26. The molecule has 0 bridgehead atoms. The van der Waals surface area contributed by atoms with Crippen LogP contribution in [0.15, 0.2) is 42.5 Å². The number of rotatable bonds is 6. The van der Waals surface area contributed by atoms with Crippen LogP contribution < -0.4 is 4.74 Å². The first kappa shape index (κ1) is 25.8. The Morgan fingerprint density at radius 3 is 2.00 bits per heavy atom. The fourth-order valence-electron chi connectivity index (χ4n) is 2.01. The normalized spacial score (nSPS) is 9.03. The molecule has 2 aromatic carbocycles. The monoisotopic (exact) mass is 404 g/mol. The Morgan fingerprint density at radius 1 is 0.966 bits per heavy atom. The van der Waals surface area contributed by atoms with E-state index in [2.05, 4.69) is 4.74 Å². The molecule has 0 saturated carbocycles. The molecule has 0 N–H and O–H groups in total. The summed E-state index contributed by atoms with van der Waals surface area (Å²) in [4.78, 5) is 30.6. The Balaban J connectivity index is 0.000000841. The molecule has 7 nitrogen and oxygen atoms in total. The van der Waals surface area contributed by atoms with Gasteiger partial charge < -0.3 is 18.9 Å². The molecule has 0 unspecified atom stereocenters. The van der Waals surface area contributed by atoms with Gasteiger partial charge in [-0.25, -0.2) is 4.79 Å². The van der Waals surface area contributed by atoms with E-state index in [-0.39, 0.29) is 6.47 Å². The second-order valence-electron chi connectivity index (χ2n) is 5.36. The molecule has 158 valence electrons. The number of benzene rings is 2. The summed E-state index contributed by atoms with van der Waals surface area (Å²) in [5.74, 6) is 0.316. The molecule has 0 aromatic heterocycles. The van der Waals surface area contributed by atoms with E-state index in [9.17, 15) is 14.4 Å². The van der Waals surface area contributed by atoms with Gasteiger partial charge in [-0.1, -0.05) is 37.6 Å². The fraction of sp³-hybridized carbons (Fsp3) is 0.318. The molecule has 7 heteroatoms. The zero-order chi connectivity index (χ0) is 22.2. The van der Waals surface area contributed by atoms with Crippen molar-refractivity contribution in [2.24, 2.45) is 0 Å². The van der Waals surface area contributed by atoms with Crippen LogP contribution in [0, 0.1) is 6.92 Å². The highest BCUT2D eigenvalue weighted by Gasteiger charge is 2.13. The lowest BCUT2D eigenvalue weighted by molar-refractivity contribution is -0.149. The quantitative estimate of drug-likeness (QED) is 0.399. The molecule has 0 amide bonds. The zero-order valence-corrected chi connectivity index (χ0v) is 17.7. The van der Waals surface area contributed by atoms with Gasteiger partial charge in [-0.3, -0.25) is 9.59 Å². The average molecular weight is 404 g/mol. The lowest BCUT2D eigenvalue weighted by Gasteiger charge is -2.11. The molecule has 0 radical (unpaired) electrons. The summed E-state index contributed by atoms with van der Waals surface area (Å²) in [7, 11) is 2.93. The van der Waals surface area contributed by atoms with E-state index in [1.807, 2.05) is 45.0 Å². The Kier molecular flexibility index (Phi) is 13.2. The van der Waals surface area contributed by atoms with E-state index < -0.39 is 11.9 Å². The molecular formula is C22H28O7. The topological polar surface area (TPSA) is 88.1 Å². The fourth-order valence-corrected chi connectivity index (χ4v) is 2.01. The van der Waals surface area contributed by atoms with Gasteiger partial charge in [0.2, 0.25) is 0 Å². The Labute approximate surface area is 171 Å². The van der Waals surface area contributed by atoms with Gasteiger partial charge in [-0.15, -0.1) is 0 Å². The Hall–Kier alpha value is -3.19. The van der Waals surface area contributed by atoms with Crippen molar-refractivity contribution in [3.05, 3.63) is 59.2 Å². The maximum atomic E-state index is 11.8. The van der Waals surface area contributed by atoms with Crippen LogP contribution in [0.1, 0.15) is 42.3 Å². The maximum Gasteiger partial charge on any atom is 0.338 e. The Bertz CT molecular complexity index is 767. The summed E-state index contributed by atoms with van der Waals surface area (Å²) in [6.07, 6.45) is 0. The van der Waals surface area contributed by atoms with Crippen LogP contribution in [0.3, 0.4) is 0 Å². The van der Waals surface area contributed by atoms with Crippen LogP contribution in [0.4, 0.5) is 0 Å². The Morgan fingerprint density at radius 2 is 1.55 bits per heavy atom. The van der Waals surface area contributed by atoms with Crippen LogP contribution >= 0.6 is 0 Å². The molecule has 0 fully saturated rings. The van der Waals surface area contributed by atoms with E-state index in [0.29, 0.717) is 17.9 Å². The summed E-state index contributed by atoms with van der Waals surface area (Å²) in [5.41, 5.74) is 2.37. The molecule has 2 rings (SSSR count). The van der Waals surface area contributed by atoms with Gasteiger partial charge in [0.25, 0.3) is 0 Å². The van der Waals surface area contributed by atoms with Crippen LogP contribution in [-0.2, 0) is 30.4 Å². The summed E-state index contributed by atoms with van der Waals surface area (Å²) < 4.78 is 19.4. The van der Waals surface area contributed by atoms with Crippen LogP contribution in [0.25, 0.3) is 0 Å². The molecule has 2 aromatic rings. The van der Waals surface area contributed by atoms with E-state index >= 15 is 0 Å². The van der Waals surface area contributed by atoms with Crippen molar-refractivity contribution in [2.45, 2.75) is 34.3 Å². The van der Waals surface area contributed by atoms with Gasteiger partial charge in [-0.05, 0) is 36.8 Å². The number of esters is 2. The van der Waals surface area contributed by atoms with Crippen LogP contribution in [0.2, 0.25) is 0 Å². The summed E-state index contributed by atoms with van der Waals surface area (Å²) >= 11 is 0. The number of carbonyl (C=O) groups is 3. The average Bonchev–Trinajstić information content (AvgIpc) is 2.72. The standard InChI is InChI=1S/C17H18O4.C3H4O3.C2H6/c1-12-4-7-14(8-5-12)21-15-9-6-13(11-19-2)16(10-15)17(18)20-3;1-3(5)6-2-4;1-2/h4-10H,11H2,1-3H3;2H,1H3;1-2H3. The number of hydrogen-bond acceptors (Lipinski definition) is 7. The minimum absolute atomic E-state index is 0.0995. The van der Waals surface area contributed by atoms with Gasteiger partial charge in [0.15, 0.2) is 0 Å². The minimum atomic E-state index is -0.579. The molecule has 0 atom stereocenters. The van der Waals surface area contributed by atoms with E-state index in [1.54, 1.807) is 25.3 Å². The van der Waals surface area contributed by atoms with E-state index in [0.717, 1.165) is 23.8 Å². The van der Waals surface area contributed by atoms with Crippen molar-refractivity contribution in [1.29, 1.82) is 0 Å². The smallest absolute Gasteiger partial charge is 0.338 e. The van der Waals surface area contributed by atoms with Gasteiger partial charge in [0.05, 0.1) is 19.3 Å². The predicted octanol–water partition coefficient (Wildman–Crippen LogP) is 4.45. The summed E-state index contributed by atoms with van der Waals surface area (Å²) in [6.45, 7) is 7.62. The highest BCUT2D eigenvalue weighted by Crippen LogP contribution is 2.25. The highest BCUT2D eigenvalue weighted by molar-refractivity contribution is 5.91. The van der Waals surface area contributed by atoms with Gasteiger partial charge >= 0.3 is 18.4 Å². The van der Waals surface area contributed by atoms with Crippen molar-refractivity contribution in [1.82, 2.24) is 0 Å². The third-order valence-electron chi connectivity index (χ3n) is 3.26. The number of methoxy groups -OCH3 is 2. The summed E-state index contributed by atoms with van der Waals surface area (Å²) in [6, 6.07) is 13.0. The van der Waals surface area contributed by atoms with E-state index in [4.69, 9.17) is 14.2 Å². The van der Waals surface area contributed by atoms with Gasteiger partial charge in [0.1, 0.15) is 11.5 Å². The lowest BCUT2D eigenvalue weighted by Crippen LogP contribution is -2.06. The molecule has 29 heavy (non-hydrogen) atoms. The first-order chi connectivity index (χ1) is 13.9. The molecule has 0 heterocycles. The number of carbonyl (C=O) groups excluding carboxylic acids is 3. The molecular weight excluding hydrogens is 376 g/mol. The SMILES string of the molecule is CC.CC(=O)OC=O.COCc1ccc(Oc2ccc(C)cc2)cc1C(=O)OC. The third kappa shape index (κ3) is 10.1. The molecule has 0 saturated heterocycles. The van der Waals surface area contributed by atoms with Crippen molar-refractivity contribution in [3.63, 3.8) is 0 Å². The molecule has 0 aliphatic rings. The number of aryl methyl sites for hydroxylation is 1. The van der Waals surface area contributed by atoms with Crippen molar-refractivity contribution >= 4 is 18.4 Å². The largest absolute Gasteiger partial charge is 0.465 e. The van der Waals surface area contributed by atoms with Crippen molar-refractivity contribution in [2.75, 3.05) is 14.2 Å². The first-order valence-corrected chi connectivity index (χ1v) is 8.96. The molecule has 0 aliphatic carbocycles. The molecule has 0 aliphatic heterocycles. The number of hydrogen-bond donors (Lipinski definition) is 0.